The lowest BCUT2D eigenvalue weighted by Gasteiger charge is -2.32. The van der Waals surface area contributed by atoms with Crippen molar-refractivity contribution in [2.45, 2.75) is 18.8 Å². The summed E-state index contributed by atoms with van der Waals surface area (Å²) in [6, 6.07) is 11.3. The normalized spacial score (nSPS) is 16.9. The highest BCUT2D eigenvalue weighted by Gasteiger charge is 2.30. The molecular formula is C20H20BrN5O2. The molecule has 0 N–H and O–H groups in total. The Morgan fingerprint density at radius 1 is 1.21 bits per heavy atom. The second-order valence-electron chi connectivity index (χ2n) is 6.92. The van der Waals surface area contributed by atoms with E-state index in [1.165, 1.54) is 4.68 Å². The van der Waals surface area contributed by atoms with E-state index in [-0.39, 0.29) is 17.5 Å². The quantitative estimate of drug-likeness (QED) is 0.626. The molecule has 1 amide bonds. The maximum Gasteiger partial charge on any atom is 0.350 e. The summed E-state index contributed by atoms with van der Waals surface area (Å²) >= 11 is 3.37. The fourth-order valence-electron chi connectivity index (χ4n) is 3.65. The van der Waals surface area contributed by atoms with Crippen LogP contribution in [0.5, 0.6) is 0 Å². The van der Waals surface area contributed by atoms with Gasteiger partial charge in [0.2, 0.25) is 0 Å². The summed E-state index contributed by atoms with van der Waals surface area (Å²) in [5, 5.41) is 4.50. The van der Waals surface area contributed by atoms with Crippen LogP contribution in [0.15, 0.2) is 58.1 Å². The van der Waals surface area contributed by atoms with Crippen molar-refractivity contribution in [1.29, 1.82) is 0 Å². The number of halogens is 1. The van der Waals surface area contributed by atoms with Crippen molar-refractivity contribution in [2.75, 3.05) is 13.1 Å². The Hall–Kier alpha value is -2.74. The monoisotopic (exact) mass is 441 g/mol. The van der Waals surface area contributed by atoms with Crippen LogP contribution in [0.4, 0.5) is 0 Å². The van der Waals surface area contributed by atoms with E-state index in [4.69, 9.17) is 0 Å². The minimum atomic E-state index is -0.180. The molecule has 1 aliphatic heterocycles. The van der Waals surface area contributed by atoms with Crippen molar-refractivity contribution >= 4 is 21.8 Å². The highest BCUT2D eigenvalue weighted by Crippen LogP contribution is 2.27. The van der Waals surface area contributed by atoms with E-state index in [0.717, 1.165) is 23.0 Å². The highest BCUT2D eigenvalue weighted by atomic mass is 79.9. The molecule has 1 aliphatic rings. The fraction of sp³-hybridized carbons (Fsp3) is 0.300. The van der Waals surface area contributed by atoms with Gasteiger partial charge >= 0.3 is 5.69 Å². The number of nitrogens with zero attached hydrogens (tertiary/aromatic N) is 5. The fourth-order valence-corrected chi connectivity index (χ4v) is 4.02. The van der Waals surface area contributed by atoms with Gasteiger partial charge in [-0.2, -0.15) is 5.10 Å². The molecule has 0 bridgehead atoms. The number of carbonyl (C=O) groups excluding carboxylic acids is 1. The van der Waals surface area contributed by atoms with Gasteiger partial charge in [0.25, 0.3) is 5.91 Å². The van der Waals surface area contributed by atoms with Crippen molar-refractivity contribution < 1.29 is 4.79 Å². The topological polar surface area (TPSA) is 73.0 Å². The van der Waals surface area contributed by atoms with Crippen LogP contribution in [-0.2, 0) is 7.05 Å². The summed E-state index contributed by atoms with van der Waals surface area (Å²) in [5.41, 5.74) is 1.16. The van der Waals surface area contributed by atoms with Crippen LogP contribution >= 0.6 is 15.9 Å². The van der Waals surface area contributed by atoms with Gasteiger partial charge in [0.05, 0.1) is 11.3 Å². The molecule has 144 valence electrons. The average Bonchev–Trinajstić information content (AvgIpc) is 3.03. The Kier molecular flexibility index (Phi) is 5.13. The second-order valence-corrected chi connectivity index (χ2v) is 7.83. The largest absolute Gasteiger partial charge is 0.350 e. The number of hydrogen-bond donors (Lipinski definition) is 0. The zero-order valence-electron chi connectivity index (χ0n) is 15.5. The van der Waals surface area contributed by atoms with Crippen LogP contribution in [0.1, 0.15) is 34.9 Å². The smallest absolute Gasteiger partial charge is 0.338 e. The SMILES string of the molecule is Cn1nc(C2CCCN(C(=O)c3cncc(Br)c3)C2)n(-c2ccccc2)c1=O. The first-order chi connectivity index (χ1) is 13.5. The zero-order valence-corrected chi connectivity index (χ0v) is 17.0. The molecule has 1 atom stereocenters. The molecule has 1 unspecified atom stereocenters. The predicted octanol–water partition coefficient (Wildman–Crippen LogP) is 2.75. The number of aromatic nitrogens is 4. The van der Waals surface area contributed by atoms with Crippen LogP contribution in [0.25, 0.3) is 5.69 Å². The molecule has 0 saturated carbocycles. The van der Waals surface area contributed by atoms with Crippen LogP contribution in [0, 0.1) is 0 Å². The number of pyridine rings is 1. The Bertz CT molecular complexity index is 1060. The van der Waals surface area contributed by atoms with Gasteiger partial charge in [0, 0.05) is 42.9 Å². The number of likely N-dealkylation sites (tertiary alicyclic amines) is 1. The molecule has 0 spiro atoms. The van der Waals surface area contributed by atoms with Crippen molar-refractivity contribution in [3.8, 4) is 5.69 Å². The second kappa shape index (κ2) is 7.71. The molecule has 7 nitrogen and oxygen atoms in total. The lowest BCUT2D eigenvalue weighted by Crippen LogP contribution is -2.40. The van der Waals surface area contributed by atoms with Gasteiger partial charge in [-0.25, -0.2) is 14.0 Å². The number of benzene rings is 1. The van der Waals surface area contributed by atoms with E-state index in [2.05, 4.69) is 26.0 Å². The molecule has 1 aromatic carbocycles. The Balaban J connectivity index is 1.65. The number of aryl methyl sites for hydroxylation is 1. The van der Waals surface area contributed by atoms with Crippen LogP contribution in [0.3, 0.4) is 0 Å². The molecule has 3 heterocycles. The van der Waals surface area contributed by atoms with Gasteiger partial charge < -0.3 is 4.90 Å². The van der Waals surface area contributed by atoms with Crippen molar-refractivity contribution in [2.24, 2.45) is 7.05 Å². The third kappa shape index (κ3) is 3.52. The minimum Gasteiger partial charge on any atom is -0.338 e. The number of para-hydroxylation sites is 1. The third-order valence-corrected chi connectivity index (χ3v) is 5.42. The Morgan fingerprint density at radius 2 is 2.00 bits per heavy atom. The van der Waals surface area contributed by atoms with Crippen molar-refractivity contribution in [1.82, 2.24) is 24.2 Å². The Labute approximate surface area is 170 Å². The van der Waals surface area contributed by atoms with E-state index in [9.17, 15) is 9.59 Å². The number of carbonyl (C=O) groups is 1. The molecule has 0 aliphatic carbocycles. The van der Waals surface area contributed by atoms with Gasteiger partial charge in [0.15, 0.2) is 0 Å². The summed E-state index contributed by atoms with van der Waals surface area (Å²) < 4.78 is 3.79. The first-order valence-corrected chi connectivity index (χ1v) is 9.95. The maximum atomic E-state index is 12.9. The molecule has 2 aromatic heterocycles. The Morgan fingerprint density at radius 3 is 2.75 bits per heavy atom. The van der Waals surface area contributed by atoms with Crippen molar-refractivity contribution in [3.05, 3.63) is 75.1 Å². The summed E-state index contributed by atoms with van der Waals surface area (Å²) in [6.45, 7) is 1.21. The van der Waals surface area contributed by atoms with E-state index in [0.29, 0.717) is 24.5 Å². The molecule has 0 radical (unpaired) electrons. The van der Waals surface area contributed by atoms with Gasteiger partial charge in [-0.05, 0) is 47.0 Å². The van der Waals surface area contributed by atoms with E-state index in [1.54, 1.807) is 30.1 Å². The minimum absolute atomic E-state index is 0.00748. The van der Waals surface area contributed by atoms with Crippen LogP contribution in [-0.4, -0.2) is 43.2 Å². The highest BCUT2D eigenvalue weighted by molar-refractivity contribution is 9.10. The molecule has 8 heteroatoms. The zero-order chi connectivity index (χ0) is 19.7. The standard InChI is InChI=1S/C20H20BrN5O2/c1-24-20(28)26(17-7-3-2-4-8-17)18(23-24)14-6-5-9-25(13-14)19(27)15-10-16(21)12-22-11-15/h2-4,7-8,10-12,14H,5-6,9,13H2,1H3. The lowest BCUT2D eigenvalue weighted by molar-refractivity contribution is 0.0703. The van der Waals surface area contributed by atoms with E-state index < -0.39 is 0 Å². The summed E-state index contributed by atoms with van der Waals surface area (Å²) in [5.74, 6) is 0.638. The van der Waals surface area contributed by atoms with Crippen molar-refractivity contribution in [3.63, 3.8) is 0 Å². The molecule has 28 heavy (non-hydrogen) atoms. The number of hydrogen-bond acceptors (Lipinski definition) is 4. The summed E-state index contributed by atoms with van der Waals surface area (Å²) in [6.07, 6.45) is 4.97. The number of rotatable bonds is 3. The first kappa shape index (κ1) is 18.6. The molecule has 3 aromatic rings. The lowest BCUT2D eigenvalue weighted by atomic mass is 9.96. The maximum absolute atomic E-state index is 12.9. The van der Waals surface area contributed by atoms with Crippen LogP contribution in [0.2, 0.25) is 0 Å². The van der Waals surface area contributed by atoms with Gasteiger partial charge in [-0.3, -0.25) is 9.78 Å². The third-order valence-electron chi connectivity index (χ3n) is 4.99. The molecular weight excluding hydrogens is 422 g/mol. The van der Waals surface area contributed by atoms with Crippen LogP contribution < -0.4 is 5.69 Å². The van der Waals surface area contributed by atoms with Gasteiger partial charge in [-0.15, -0.1) is 0 Å². The predicted molar refractivity (Wildman–Crippen MR) is 109 cm³/mol. The van der Waals surface area contributed by atoms with E-state index in [1.807, 2.05) is 35.2 Å². The summed E-state index contributed by atoms with van der Waals surface area (Å²) in [4.78, 5) is 31.5. The number of amides is 1. The average molecular weight is 442 g/mol. The van der Waals surface area contributed by atoms with Gasteiger partial charge in [0.1, 0.15) is 5.82 Å². The number of piperidine rings is 1. The first-order valence-electron chi connectivity index (χ1n) is 9.16. The molecule has 1 saturated heterocycles. The van der Waals surface area contributed by atoms with Gasteiger partial charge in [-0.1, -0.05) is 18.2 Å². The summed E-state index contributed by atoms with van der Waals surface area (Å²) in [7, 11) is 1.66. The van der Waals surface area contributed by atoms with E-state index >= 15 is 0 Å². The molecule has 1 fully saturated rings. The molecule has 4 rings (SSSR count).